The molecule has 0 amide bonds. The van der Waals surface area contributed by atoms with Crippen LogP contribution in [0.15, 0.2) is 52.0 Å². The zero-order chi connectivity index (χ0) is 10.7. The minimum absolute atomic E-state index is 0.962. The predicted octanol–water partition coefficient (Wildman–Crippen LogP) is 4.37. The molecule has 1 nitrogen and oxygen atoms in total. The molecule has 0 aromatic heterocycles. The van der Waals surface area contributed by atoms with Crippen LogP contribution < -0.4 is 4.74 Å². The maximum absolute atomic E-state index is 5.82. The predicted molar refractivity (Wildman–Crippen MR) is 65.1 cm³/mol. The van der Waals surface area contributed by atoms with E-state index in [4.69, 9.17) is 4.74 Å². The second-order valence-electron chi connectivity index (χ2n) is 3.28. The van der Waals surface area contributed by atoms with E-state index in [2.05, 4.69) is 19.1 Å². The fourth-order valence-electron chi connectivity index (χ4n) is 1.49. The van der Waals surface area contributed by atoms with Crippen molar-refractivity contribution < 1.29 is 4.74 Å². The molecule has 0 atom stereocenters. The molecule has 1 aromatic rings. The summed E-state index contributed by atoms with van der Waals surface area (Å²) in [6, 6.07) is 8.14. The third kappa shape index (κ3) is 2.10. The van der Waals surface area contributed by atoms with E-state index in [1.165, 1.54) is 9.80 Å². The van der Waals surface area contributed by atoms with Crippen molar-refractivity contribution in [3.05, 3.63) is 47.1 Å². The van der Waals surface area contributed by atoms with Crippen molar-refractivity contribution in [1.29, 1.82) is 0 Å². The van der Waals surface area contributed by atoms with Gasteiger partial charge in [0.05, 0.1) is 9.80 Å². The van der Waals surface area contributed by atoms with Gasteiger partial charge in [0, 0.05) is 0 Å². The van der Waals surface area contributed by atoms with E-state index >= 15 is 0 Å². The third-order valence-corrected chi connectivity index (χ3v) is 3.33. The van der Waals surface area contributed by atoms with Crippen LogP contribution in [-0.2, 0) is 0 Å². The van der Waals surface area contributed by atoms with Gasteiger partial charge in [-0.15, -0.1) is 0 Å². The lowest BCUT2D eigenvalue weighted by Gasteiger charge is -2.21. The van der Waals surface area contributed by atoms with Crippen molar-refractivity contribution >= 4 is 11.8 Å². The molecule has 1 aromatic carbocycles. The molecule has 0 saturated carbocycles. The summed E-state index contributed by atoms with van der Waals surface area (Å²) in [4.78, 5) is 2.42. The fourth-order valence-corrected chi connectivity index (χ4v) is 2.59. The Morgan fingerprint density at radius 1 is 1.33 bits per heavy atom. The second kappa shape index (κ2) is 4.58. The zero-order valence-electron chi connectivity index (χ0n) is 8.99. The molecule has 0 bridgehead atoms. The van der Waals surface area contributed by atoms with Crippen LogP contribution in [0.25, 0.3) is 0 Å². The highest BCUT2D eigenvalue weighted by Gasteiger charge is 2.18. The first-order valence-corrected chi connectivity index (χ1v) is 5.98. The lowest BCUT2D eigenvalue weighted by molar-refractivity contribution is 0.426. The number of rotatable bonds is 1. The summed E-state index contributed by atoms with van der Waals surface area (Å²) >= 11 is 1.78. The molecule has 0 N–H and O–H groups in total. The Morgan fingerprint density at radius 2 is 2.13 bits per heavy atom. The summed E-state index contributed by atoms with van der Waals surface area (Å²) < 4.78 is 5.82. The zero-order valence-corrected chi connectivity index (χ0v) is 9.80. The van der Waals surface area contributed by atoms with Crippen LogP contribution in [0.3, 0.4) is 0 Å². The summed E-state index contributed by atoms with van der Waals surface area (Å²) in [5.74, 6) is 1.93. The van der Waals surface area contributed by atoms with Gasteiger partial charge in [0.1, 0.15) is 11.5 Å². The Morgan fingerprint density at radius 3 is 2.87 bits per heavy atom. The highest BCUT2D eigenvalue weighted by molar-refractivity contribution is 8.03. The van der Waals surface area contributed by atoms with E-state index in [0.717, 1.165) is 17.9 Å². The van der Waals surface area contributed by atoms with Gasteiger partial charge < -0.3 is 4.74 Å². The van der Waals surface area contributed by atoms with E-state index < -0.39 is 0 Å². The molecule has 0 unspecified atom stereocenters. The Kier molecular flexibility index (Phi) is 3.17. The van der Waals surface area contributed by atoms with Gasteiger partial charge in [0.2, 0.25) is 0 Å². The van der Waals surface area contributed by atoms with Gasteiger partial charge in [0.15, 0.2) is 0 Å². The quantitative estimate of drug-likeness (QED) is 0.692. The van der Waals surface area contributed by atoms with E-state index in [1.54, 1.807) is 11.8 Å². The van der Waals surface area contributed by atoms with E-state index in [-0.39, 0.29) is 0 Å². The van der Waals surface area contributed by atoms with E-state index in [0.29, 0.717) is 0 Å². The number of para-hydroxylation sites is 1. The fraction of sp³-hybridized carbons (Fsp3) is 0.231. The van der Waals surface area contributed by atoms with E-state index in [9.17, 15) is 0 Å². The molecule has 15 heavy (non-hydrogen) atoms. The Hall–Kier alpha value is -1.15. The highest BCUT2D eigenvalue weighted by Crippen LogP contribution is 2.43. The number of allylic oxidation sites excluding steroid dienone is 2. The first-order chi connectivity index (χ1) is 7.35. The summed E-state index contributed by atoms with van der Waals surface area (Å²) in [5, 5.41) is 0. The molecule has 0 fully saturated rings. The molecular formula is C13H14OS. The average Bonchev–Trinajstić information content (AvgIpc) is 2.28. The van der Waals surface area contributed by atoms with Crippen LogP contribution in [-0.4, -0.2) is 0 Å². The van der Waals surface area contributed by atoms with Crippen LogP contribution >= 0.6 is 11.8 Å². The Balaban J connectivity index is 2.40. The molecule has 1 aliphatic rings. The van der Waals surface area contributed by atoms with Crippen molar-refractivity contribution in [3.8, 4) is 5.75 Å². The van der Waals surface area contributed by atoms with Crippen LogP contribution in [0, 0.1) is 0 Å². The number of hydrogen-bond acceptors (Lipinski definition) is 2. The molecule has 0 radical (unpaired) electrons. The summed E-state index contributed by atoms with van der Waals surface area (Å²) in [6.07, 6.45) is 5.26. The number of ether oxygens (including phenoxy) is 1. The summed E-state index contributed by atoms with van der Waals surface area (Å²) in [6.45, 7) is 4.15. The Labute approximate surface area is 94.8 Å². The number of fused-ring (bicyclic) bond motifs is 1. The van der Waals surface area contributed by atoms with Crippen LogP contribution in [0.5, 0.6) is 5.75 Å². The molecule has 0 spiro atoms. The van der Waals surface area contributed by atoms with Gasteiger partial charge in [-0.3, -0.25) is 0 Å². The molecule has 0 saturated heterocycles. The normalized spacial score (nSPS) is 20.1. The average molecular weight is 218 g/mol. The van der Waals surface area contributed by atoms with Crippen molar-refractivity contribution in [2.24, 2.45) is 0 Å². The number of benzene rings is 1. The second-order valence-corrected chi connectivity index (χ2v) is 4.36. The molecule has 0 aliphatic carbocycles. The minimum Gasteiger partial charge on any atom is -0.455 e. The van der Waals surface area contributed by atoms with Crippen LogP contribution in [0.4, 0.5) is 0 Å². The van der Waals surface area contributed by atoms with Crippen molar-refractivity contribution in [2.75, 3.05) is 0 Å². The topological polar surface area (TPSA) is 9.23 Å². The maximum Gasteiger partial charge on any atom is 0.141 e. The molecule has 2 rings (SSSR count). The van der Waals surface area contributed by atoms with Gasteiger partial charge in [-0.2, -0.15) is 0 Å². The molecule has 78 valence electrons. The first kappa shape index (κ1) is 10.4. The smallest absolute Gasteiger partial charge is 0.141 e. The standard InChI is InChI=1S/C13H14OS/c1-3-7-12-10(4-2)14-11-8-5-6-9-13(11)15-12/h4-9H,3H2,1-2H3/b10-4+,12-7+. The van der Waals surface area contributed by atoms with Crippen molar-refractivity contribution in [2.45, 2.75) is 25.2 Å². The summed E-state index contributed by atoms with van der Waals surface area (Å²) in [5.41, 5.74) is 0. The van der Waals surface area contributed by atoms with E-state index in [1.807, 2.05) is 31.2 Å². The molecule has 1 heterocycles. The monoisotopic (exact) mass is 218 g/mol. The van der Waals surface area contributed by atoms with Gasteiger partial charge in [-0.05, 0) is 31.6 Å². The lowest BCUT2D eigenvalue weighted by Crippen LogP contribution is -2.03. The SMILES string of the molecule is C/C=C1/Oc2ccccc2S/C1=C/CC. The summed E-state index contributed by atoms with van der Waals surface area (Å²) in [7, 11) is 0. The third-order valence-electron chi connectivity index (χ3n) is 2.18. The highest BCUT2D eigenvalue weighted by atomic mass is 32.2. The van der Waals surface area contributed by atoms with Gasteiger partial charge in [-0.25, -0.2) is 0 Å². The molecular weight excluding hydrogens is 204 g/mol. The molecule has 1 aliphatic heterocycles. The van der Waals surface area contributed by atoms with Gasteiger partial charge >= 0.3 is 0 Å². The Bertz CT molecular complexity index is 418. The molecule has 2 heteroatoms. The van der Waals surface area contributed by atoms with Crippen molar-refractivity contribution in [3.63, 3.8) is 0 Å². The maximum atomic E-state index is 5.82. The number of hydrogen-bond donors (Lipinski definition) is 0. The van der Waals surface area contributed by atoms with Gasteiger partial charge in [-0.1, -0.05) is 36.9 Å². The van der Waals surface area contributed by atoms with Gasteiger partial charge in [0.25, 0.3) is 0 Å². The van der Waals surface area contributed by atoms with Crippen LogP contribution in [0.2, 0.25) is 0 Å². The minimum atomic E-state index is 0.962. The number of thioether (sulfide) groups is 1. The first-order valence-electron chi connectivity index (χ1n) is 5.16. The lowest BCUT2D eigenvalue weighted by atomic mass is 10.3. The van der Waals surface area contributed by atoms with Crippen LogP contribution in [0.1, 0.15) is 20.3 Å². The largest absolute Gasteiger partial charge is 0.455 e. The van der Waals surface area contributed by atoms with Crippen molar-refractivity contribution in [1.82, 2.24) is 0 Å².